The lowest BCUT2D eigenvalue weighted by Crippen LogP contribution is -2.07. The van der Waals surface area contributed by atoms with Crippen LogP contribution in [0.15, 0.2) is 34.4 Å². The first-order valence-corrected chi connectivity index (χ1v) is 4.77. The molecule has 0 saturated carbocycles. The average Bonchev–Trinajstić information content (AvgIpc) is 2.07. The number of para-hydroxylation sites is 1. The van der Waals surface area contributed by atoms with Gasteiger partial charge in [0.2, 0.25) is 0 Å². The van der Waals surface area contributed by atoms with Crippen LogP contribution in [0.25, 0.3) is 0 Å². The van der Waals surface area contributed by atoms with Crippen LogP contribution in [0.2, 0.25) is 0 Å². The Morgan fingerprint density at radius 3 is 2.92 bits per heavy atom. The molecule has 1 aliphatic heterocycles. The number of hydrogen-bond donors (Lipinski definition) is 1. The number of rotatable bonds is 0. The first kappa shape index (κ1) is 7.87. The zero-order valence-electron chi connectivity index (χ0n) is 6.89. The molecule has 62 valence electrons. The lowest BCUT2D eigenvalue weighted by Gasteiger charge is -2.19. The molecule has 0 aromatic heterocycles. The Kier molecular flexibility index (Phi) is 1.93. The van der Waals surface area contributed by atoms with E-state index in [1.165, 1.54) is 21.4 Å². The molecule has 2 rings (SSSR count). The summed E-state index contributed by atoms with van der Waals surface area (Å²) < 4.78 is 1.25. The minimum absolute atomic E-state index is 1.01. The summed E-state index contributed by atoms with van der Waals surface area (Å²) in [6, 6.07) is 8.38. The highest BCUT2D eigenvalue weighted by Crippen LogP contribution is 2.29. The topological polar surface area (TPSA) is 12.0 Å². The van der Waals surface area contributed by atoms with Crippen LogP contribution in [0, 0.1) is 0 Å². The van der Waals surface area contributed by atoms with E-state index in [4.69, 9.17) is 0 Å². The van der Waals surface area contributed by atoms with Crippen LogP contribution < -0.4 is 5.32 Å². The van der Waals surface area contributed by atoms with E-state index >= 15 is 0 Å². The summed E-state index contributed by atoms with van der Waals surface area (Å²) in [6.07, 6.45) is 1.01. The van der Waals surface area contributed by atoms with Gasteiger partial charge in [-0.25, -0.2) is 0 Å². The van der Waals surface area contributed by atoms with Gasteiger partial charge in [0.25, 0.3) is 0 Å². The molecule has 0 amide bonds. The normalized spacial score (nSPS) is 15.5. The average molecular weight is 224 g/mol. The van der Waals surface area contributed by atoms with Crippen LogP contribution in [0.1, 0.15) is 12.5 Å². The van der Waals surface area contributed by atoms with Gasteiger partial charge in [-0.3, -0.25) is 0 Å². The summed E-state index contributed by atoms with van der Waals surface area (Å²) in [6.45, 7) is 2.08. The minimum Gasteiger partial charge on any atom is -0.358 e. The van der Waals surface area contributed by atoms with Gasteiger partial charge in [0.15, 0.2) is 0 Å². The molecule has 1 aromatic rings. The first-order valence-electron chi connectivity index (χ1n) is 3.97. The van der Waals surface area contributed by atoms with Gasteiger partial charge in [-0.2, -0.15) is 0 Å². The van der Waals surface area contributed by atoms with Crippen LogP contribution in [-0.2, 0) is 6.42 Å². The molecule has 1 N–H and O–H groups in total. The maximum Gasteiger partial charge on any atom is 0.0418 e. The predicted octanol–water partition coefficient (Wildman–Crippen LogP) is 3.28. The summed E-state index contributed by atoms with van der Waals surface area (Å²) >= 11 is 3.54. The molecule has 12 heavy (non-hydrogen) atoms. The van der Waals surface area contributed by atoms with E-state index in [-0.39, 0.29) is 0 Å². The lowest BCUT2D eigenvalue weighted by atomic mass is 10.1. The first-order chi connectivity index (χ1) is 5.77. The number of halogens is 1. The van der Waals surface area contributed by atoms with Crippen molar-refractivity contribution in [2.24, 2.45) is 0 Å². The molecule has 0 fully saturated rings. The van der Waals surface area contributed by atoms with Gasteiger partial charge in [0.05, 0.1) is 0 Å². The number of nitrogens with one attached hydrogen (secondary N) is 1. The summed E-state index contributed by atoms with van der Waals surface area (Å²) in [5, 5.41) is 3.34. The molecule has 0 aliphatic carbocycles. The molecule has 0 atom stereocenters. The molecule has 2 heteroatoms. The van der Waals surface area contributed by atoms with Crippen LogP contribution >= 0.6 is 15.9 Å². The van der Waals surface area contributed by atoms with E-state index in [0.29, 0.717) is 0 Å². The summed E-state index contributed by atoms with van der Waals surface area (Å²) in [5.74, 6) is 0. The van der Waals surface area contributed by atoms with E-state index < -0.39 is 0 Å². The number of hydrogen-bond acceptors (Lipinski definition) is 1. The highest BCUT2D eigenvalue weighted by atomic mass is 79.9. The van der Waals surface area contributed by atoms with E-state index in [9.17, 15) is 0 Å². The third-order valence-corrected chi connectivity index (χ3v) is 2.97. The Bertz CT molecular complexity index is 308. The van der Waals surface area contributed by atoms with E-state index in [1.54, 1.807) is 0 Å². The Balaban J connectivity index is 2.43. The molecule has 0 bridgehead atoms. The Morgan fingerprint density at radius 1 is 1.33 bits per heavy atom. The van der Waals surface area contributed by atoms with Crippen molar-refractivity contribution in [3.8, 4) is 0 Å². The van der Waals surface area contributed by atoms with Crippen LogP contribution in [0.4, 0.5) is 5.69 Å². The largest absolute Gasteiger partial charge is 0.358 e. The van der Waals surface area contributed by atoms with Crippen molar-refractivity contribution >= 4 is 21.6 Å². The maximum atomic E-state index is 3.54. The Hall–Kier alpha value is -0.760. The summed E-state index contributed by atoms with van der Waals surface area (Å²) in [5.41, 5.74) is 3.81. The van der Waals surface area contributed by atoms with E-state index in [2.05, 4.69) is 52.4 Å². The molecule has 1 heterocycles. The monoisotopic (exact) mass is 223 g/mol. The summed E-state index contributed by atoms with van der Waals surface area (Å²) in [7, 11) is 0. The highest BCUT2D eigenvalue weighted by Gasteiger charge is 2.11. The fourth-order valence-corrected chi connectivity index (χ4v) is 1.77. The number of benzene rings is 1. The number of fused-ring (bicyclic) bond motifs is 1. The Morgan fingerprint density at radius 2 is 2.08 bits per heavy atom. The second kappa shape index (κ2) is 2.94. The maximum absolute atomic E-state index is 3.54. The molecular formula is C10H10BrN. The molecule has 1 aliphatic rings. The zero-order chi connectivity index (χ0) is 8.55. The molecule has 1 aromatic carbocycles. The molecular weight excluding hydrogens is 214 g/mol. The standard InChI is InChI=1S/C10H10BrN/c1-7-9(11)6-8-4-2-3-5-10(8)12-7/h2-5,12H,6H2,1H3. The van der Waals surface area contributed by atoms with Crippen LogP contribution in [0.3, 0.4) is 0 Å². The van der Waals surface area contributed by atoms with Crippen molar-refractivity contribution in [2.45, 2.75) is 13.3 Å². The smallest absolute Gasteiger partial charge is 0.0418 e. The van der Waals surface area contributed by atoms with Crippen LogP contribution in [0.5, 0.6) is 0 Å². The predicted molar refractivity (Wildman–Crippen MR) is 55.4 cm³/mol. The quantitative estimate of drug-likeness (QED) is 0.713. The number of anilines is 1. The fraction of sp³-hybridized carbons (Fsp3) is 0.200. The van der Waals surface area contributed by atoms with E-state index in [1.807, 2.05) is 0 Å². The van der Waals surface area contributed by atoms with Gasteiger partial charge in [-0.05, 0) is 18.6 Å². The molecule has 1 nitrogen and oxygen atoms in total. The van der Waals surface area contributed by atoms with Crippen molar-refractivity contribution in [2.75, 3.05) is 5.32 Å². The van der Waals surface area contributed by atoms with Crippen molar-refractivity contribution < 1.29 is 0 Å². The van der Waals surface area contributed by atoms with Crippen molar-refractivity contribution in [3.05, 3.63) is 40.0 Å². The fourth-order valence-electron chi connectivity index (χ4n) is 1.37. The van der Waals surface area contributed by atoms with Crippen molar-refractivity contribution in [1.29, 1.82) is 0 Å². The third-order valence-electron chi connectivity index (χ3n) is 2.09. The van der Waals surface area contributed by atoms with E-state index in [0.717, 1.165) is 6.42 Å². The lowest BCUT2D eigenvalue weighted by molar-refractivity contribution is 1.15. The van der Waals surface area contributed by atoms with Gasteiger partial charge in [0, 0.05) is 22.3 Å². The molecule has 0 saturated heterocycles. The van der Waals surface area contributed by atoms with Gasteiger partial charge in [-0.15, -0.1) is 0 Å². The molecule has 0 radical (unpaired) electrons. The highest BCUT2D eigenvalue weighted by molar-refractivity contribution is 9.11. The van der Waals surface area contributed by atoms with Gasteiger partial charge in [-0.1, -0.05) is 34.1 Å². The van der Waals surface area contributed by atoms with Crippen molar-refractivity contribution in [1.82, 2.24) is 0 Å². The summed E-state index contributed by atoms with van der Waals surface area (Å²) in [4.78, 5) is 0. The second-order valence-corrected chi connectivity index (χ2v) is 3.95. The van der Waals surface area contributed by atoms with Crippen LogP contribution in [-0.4, -0.2) is 0 Å². The third kappa shape index (κ3) is 1.27. The molecule has 0 unspecified atom stereocenters. The zero-order valence-corrected chi connectivity index (χ0v) is 8.48. The second-order valence-electron chi connectivity index (χ2n) is 2.99. The van der Waals surface area contributed by atoms with Crippen molar-refractivity contribution in [3.63, 3.8) is 0 Å². The minimum atomic E-state index is 1.01. The van der Waals surface area contributed by atoms with Gasteiger partial charge in [0.1, 0.15) is 0 Å². The number of allylic oxidation sites excluding steroid dienone is 2. The SMILES string of the molecule is CC1=C(Br)Cc2ccccc2N1. The molecule has 0 spiro atoms. The van der Waals surface area contributed by atoms with Gasteiger partial charge >= 0.3 is 0 Å². The Labute approximate surface area is 80.6 Å². The van der Waals surface area contributed by atoms with Gasteiger partial charge < -0.3 is 5.32 Å².